The van der Waals surface area contributed by atoms with Crippen molar-refractivity contribution in [3.8, 4) is 0 Å². The minimum Gasteiger partial charge on any atom is -0.338 e. The fourth-order valence-electron chi connectivity index (χ4n) is 9.15. The van der Waals surface area contributed by atoms with Crippen LogP contribution in [0.25, 0.3) is 0 Å². The van der Waals surface area contributed by atoms with Crippen molar-refractivity contribution in [3.05, 3.63) is 5.82 Å². The minimum atomic E-state index is -0.901. The molecule has 3 aliphatic heterocycles. The molecule has 3 fully saturated rings. The van der Waals surface area contributed by atoms with E-state index >= 15 is 0 Å². The number of likely N-dealkylation sites (tertiary alicyclic amines) is 2. The van der Waals surface area contributed by atoms with Gasteiger partial charge in [-0.3, -0.25) is 9.80 Å². The van der Waals surface area contributed by atoms with Crippen molar-refractivity contribution in [3.63, 3.8) is 0 Å². The highest BCUT2D eigenvalue weighted by Crippen LogP contribution is 2.42. The fraction of sp³-hybridized carbons (Fsp3) is 0.923. The molecule has 0 bridgehead atoms. The summed E-state index contributed by atoms with van der Waals surface area (Å²) in [4.78, 5) is 26.6. The smallest absolute Gasteiger partial charge is 0.230 e. The van der Waals surface area contributed by atoms with Crippen LogP contribution >= 0.6 is 0 Å². The van der Waals surface area contributed by atoms with Gasteiger partial charge in [0.2, 0.25) is 11.9 Å². The van der Waals surface area contributed by atoms with Crippen LogP contribution in [0.1, 0.15) is 139 Å². The average Bonchev–Trinajstić information content (AvgIpc) is 3.03. The molecule has 0 spiro atoms. The number of rotatable bonds is 11. The fourth-order valence-corrected chi connectivity index (χ4v) is 9.15. The van der Waals surface area contributed by atoms with Crippen LogP contribution in [0.4, 0.5) is 11.9 Å². The molecule has 0 radical (unpaired) electrons. The number of nitrogens with zero attached hydrogens (tertiary/aromatic N) is 7. The van der Waals surface area contributed by atoms with Crippen molar-refractivity contribution in [2.24, 2.45) is 11.5 Å². The van der Waals surface area contributed by atoms with Crippen molar-refractivity contribution in [1.82, 2.24) is 35.4 Å². The summed E-state index contributed by atoms with van der Waals surface area (Å²) in [5.74, 6) is 2.19. The molecule has 1 aromatic rings. The van der Waals surface area contributed by atoms with Crippen LogP contribution in [0.15, 0.2) is 0 Å². The van der Waals surface area contributed by atoms with Gasteiger partial charge in [0.15, 0.2) is 5.82 Å². The summed E-state index contributed by atoms with van der Waals surface area (Å²) >= 11 is 0. The standard InChI is InChI=1S/C39H77N11/c1-13-15-23-49(29-25-35(3,4)47(11)36(5,6)26-29)33-44-32(39(41)18-20-43-22-21-42-19-17-31(39)40)45-34(46-33)50(24-16-14-2)30-27-37(7,8)48(12)38(9,10)28-30/h29-31,42-43H,13-28,40-41H2,1-12H3. The summed E-state index contributed by atoms with van der Waals surface area (Å²) in [5.41, 5.74) is 13.8. The van der Waals surface area contributed by atoms with Crippen LogP contribution < -0.4 is 31.9 Å². The Bertz CT molecular complexity index is 1120. The van der Waals surface area contributed by atoms with Gasteiger partial charge >= 0.3 is 0 Å². The van der Waals surface area contributed by atoms with Gasteiger partial charge in [0, 0.05) is 66.5 Å². The van der Waals surface area contributed by atoms with Crippen molar-refractivity contribution in [2.45, 2.75) is 179 Å². The van der Waals surface area contributed by atoms with Crippen LogP contribution in [-0.4, -0.2) is 118 Å². The summed E-state index contributed by atoms with van der Waals surface area (Å²) in [7, 11) is 4.56. The second-order valence-electron chi connectivity index (χ2n) is 18.5. The van der Waals surface area contributed by atoms with E-state index in [2.05, 4.69) is 114 Å². The van der Waals surface area contributed by atoms with Crippen LogP contribution in [0.2, 0.25) is 0 Å². The van der Waals surface area contributed by atoms with Crippen LogP contribution in [0, 0.1) is 0 Å². The van der Waals surface area contributed by atoms with Gasteiger partial charge in [-0.1, -0.05) is 26.7 Å². The molecular weight excluding hydrogens is 623 g/mol. The number of hydrogen-bond donors (Lipinski definition) is 4. The molecule has 4 rings (SSSR count). The zero-order valence-corrected chi connectivity index (χ0v) is 34.3. The molecule has 0 amide bonds. The maximum atomic E-state index is 7.52. The topological polar surface area (TPSA) is 128 Å². The molecule has 288 valence electrons. The van der Waals surface area contributed by atoms with E-state index in [1.165, 1.54) is 0 Å². The highest BCUT2D eigenvalue weighted by Gasteiger charge is 2.48. The first-order valence-electron chi connectivity index (χ1n) is 20.0. The second-order valence-corrected chi connectivity index (χ2v) is 18.5. The second kappa shape index (κ2) is 16.2. The lowest BCUT2D eigenvalue weighted by atomic mass is 9.77. The Kier molecular flexibility index (Phi) is 13.3. The summed E-state index contributed by atoms with van der Waals surface area (Å²) in [6.45, 7) is 28.8. The Hall–Kier alpha value is -1.63. The number of aromatic nitrogens is 3. The first kappa shape index (κ1) is 41.1. The lowest BCUT2D eigenvalue weighted by molar-refractivity contribution is -0.0130. The molecular formula is C39H77N11. The van der Waals surface area contributed by atoms with Gasteiger partial charge in [-0.25, -0.2) is 0 Å². The average molecular weight is 700 g/mol. The summed E-state index contributed by atoms with van der Waals surface area (Å²) < 4.78 is 0. The molecule has 0 aromatic carbocycles. The number of piperidine rings is 2. The normalized spacial score (nSPS) is 28.3. The molecule has 4 heterocycles. The monoisotopic (exact) mass is 700 g/mol. The SMILES string of the molecule is CCCCN(c1nc(N(CCCC)C2CC(C)(C)N(C)C(C)(C)C2)nc(C2(N)CCNCCNCCC2N)n1)C1CC(C)(C)N(C)C(C)(C)C1. The quantitative estimate of drug-likeness (QED) is 0.253. The largest absolute Gasteiger partial charge is 0.338 e. The molecule has 11 nitrogen and oxygen atoms in total. The van der Waals surface area contributed by atoms with E-state index in [0.717, 1.165) is 109 Å². The maximum absolute atomic E-state index is 7.52. The van der Waals surface area contributed by atoms with Crippen molar-refractivity contribution < 1.29 is 0 Å². The van der Waals surface area contributed by atoms with E-state index in [9.17, 15) is 0 Å². The zero-order valence-electron chi connectivity index (χ0n) is 34.3. The van der Waals surface area contributed by atoms with Gasteiger partial charge in [-0.2, -0.15) is 15.0 Å². The molecule has 2 atom stereocenters. The van der Waals surface area contributed by atoms with E-state index in [1.807, 2.05) is 0 Å². The molecule has 3 aliphatic rings. The molecule has 11 heteroatoms. The van der Waals surface area contributed by atoms with E-state index in [0.29, 0.717) is 12.2 Å². The Morgan fingerprint density at radius 3 is 1.46 bits per heavy atom. The van der Waals surface area contributed by atoms with Crippen molar-refractivity contribution in [2.75, 3.05) is 63.2 Å². The number of nitrogens with one attached hydrogen (secondary N) is 2. The molecule has 2 unspecified atom stereocenters. The van der Waals surface area contributed by atoms with E-state index in [4.69, 9.17) is 26.4 Å². The van der Waals surface area contributed by atoms with Gasteiger partial charge in [0.25, 0.3) is 0 Å². The summed E-state index contributed by atoms with van der Waals surface area (Å²) in [5, 5.41) is 7.11. The van der Waals surface area contributed by atoms with E-state index in [-0.39, 0.29) is 40.3 Å². The Morgan fingerprint density at radius 1 is 0.660 bits per heavy atom. The van der Waals surface area contributed by atoms with Crippen LogP contribution in [0.5, 0.6) is 0 Å². The highest BCUT2D eigenvalue weighted by molar-refractivity contribution is 5.43. The number of unbranched alkanes of at least 4 members (excludes halogenated alkanes) is 2. The third-order valence-electron chi connectivity index (χ3n) is 13.0. The third-order valence-corrected chi connectivity index (χ3v) is 13.0. The number of nitrogens with two attached hydrogens (primary N) is 2. The molecule has 1 aromatic heterocycles. The predicted molar refractivity (Wildman–Crippen MR) is 211 cm³/mol. The first-order chi connectivity index (χ1) is 23.3. The van der Waals surface area contributed by atoms with Gasteiger partial charge in [-0.15, -0.1) is 0 Å². The maximum Gasteiger partial charge on any atom is 0.230 e. The summed E-state index contributed by atoms with van der Waals surface area (Å²) in [6.07, 6.45) is 9.93. The Balaban J connectivity index is 1.93. The molecule has 0 saturated carbocycles. The summed E-state index contributed by atoms with van der Waals surface area (Å²) in [6, 6.07) is 0.274. The zero-order chi connectivity index (χ0) is 37.1. The molecule has 0 aliphatic carbocycles. The van der Waals surface area contributed by atoms with Crippen molar-refractivity contribution >= 4 is 11.9 Å². The van der Waals surface area contributed by atoms with Gasteiger partial charge < -0.3 is 31.9 Å². The van der Waals surface area contributed by atoms with Gasteiger partial charge in [0.05, 0.1) is 5.54 Å². The molecule has 6 N–H and O–H groups in total. The Labute approximate surface area is 306 Å². The van der Waals surface area contributed by atoms with Crippen molar-refractivity contribution in [1.29, 1.82) is 0 Å². The minimum absolute atomic E-state index is 0.0282. The van der Waals surface area contributed by atoms with Gasteiger partial charge in [-0.05, 0) is 134 Å². The first-order valence-corrected chi connectivity index (χ1v) is 20.0. The van der Waals surface area contributed by atoms with E-state index < -0.39 is 5.54 Å². The van der Waals surface area contributed by atoms with E-state index in [1.54, 1.807) is 0 Å². The van der Waals surface area contributed by atoms with Gasteiger partial charge in [0.1, 0.15) is 0 Å². The lowest BCUT2D eigenvalue weighted by Gasteiger charge is -2.56. The van der Waals surface area contributed by atoms with Crippen LogP contribution in [0.3, 0.4) is 0 Å². The Morgan fingerprint density at radius 2 is 1.06 bits per heavy atom. The molecule has 3 saturated heterocycles. The number of hydrogen-bond acceptors (Lipinski definition) is 11. The third kappa shape index (κ3) is 9.11. The molecule has 50 heavy (non-hydrogen) atoms. The lowest BCUT2D eigenvalue weighted by Crippen LogP contribution is -2.63. The van der Waals surface area contributed by atoms with Crippen LogP contribution in [-0.2, 0) is 5.54 Å². The number of anilines is 2. The predicted octanol–water partition coefficient (Wildman–Crippen LogP) is 4.84. The highest BCUT2D eigenvalue weighted by atomic mass is 15.4.